The van der Waals surface area contributed by atoms with Crippen molar-refractivity contribution in [3.8, 4) is 5.75 Å². The molecule has 4 nitrogen and oxygen atoms in total. The van der Waals surface area contributed by atoms with E-state index < -0.39 is 0 Å². The van der Waals surface area contributed by atoms with Crippen molar-refractivity contribution >= 4 is 0 Å². The minimum absolute atomic E-state index is 0.359. The van der Waals surface area contributed by atoms with E-state index in [-0.39, 0.29) is 0 Å². The Morgan fingerprint density at radius 3 is 2.91 bits per heavy atom. The summed E-state index contributed by atoms with van der Waals surface area (Å²) in [6.07, 6.45) is 3.78. The Hall–Kier alpha value is -1.91. The van der Waals surface area contributed by atoms with Gasteiger partial charge >= 0.3 is 0 Å². The van der Waals surface area contributed by atoms with Crippen molar-refractivity contribution in [3.05, 3.63) is 59.4 Å². The summed E-state index contributed by atoms with van der Waals surface area (Å²) in [5.74, 6) is 1.02. The molecule has 1 atom stereocenters. The van der Waals surface area contributed by atoms with E-state index in [2.05, 4.69) is 60.1 Å². The zero-order valence-electron chi connectivity index (χ0n) is 14.2. The summed E-state index contributed by atoms with van der Waals surface area (Å²) in [4.78, 5) is 8.98. The lowest BCUT2D eigenvalue weighted by Gasteiger charge is -2.31. The van der Waals surface area contributed by atoms with E-state index in [1.807, 2.05) is 18.5 Å². The van der Waals surface area contributed by atoms with Gasteiger partial charge in [0.1, 0.15) is 12.4 Å². The van der Waals surface area contributed by atoms with Gasteiger partial charge in [-0.3, -0.25) is 9.88 Å². The van der Waals surface area contributed by atoms with Gasteiger partial charge in [-0.25, -0.2) is 0 Å². The third-order valence-corrected chi connectivity index (χ3v) is 4.22. The van der Waals surface area contributed by atoms with Crippen LogP contribution in [0, 0.1) is 6.92 Å². The Balaban J connectivity index is 1.86. The van der Waals surface area contributed by atoms with Gasteiger partial charge < -0.3 is 9.64 Å². The molecule has 23 heavy (non-hydrogen) atoms. The highest BCUT2D eigenvalue weighted by atomic mass is 16.5. The number of likely N-dealkylation sites (N-methyl/N-ethyl adjacent to an activating group) is 1. The van der Waals surface area contributed by atoms with Crippen LogP contribution in [0.25, 0.3) is 0 Å². The van der Waals surface area contributed by atoms with Crippen molar-refractivity contribution in [1.82, 2.24) is 14.8 Å². The van der Waals surface area contributed by atoms with Crippen LogP contribution in [-0.4, -0.2) is 48.1 Å². The third-order valence-electron chi connectivity index (χ3n) is 4.22. The van der Waals surface area contributed by atoms with E-state index >= 15 is 0 Å². The molecule has 1 aromatic carbocycles. The summed E-state index contributed by atoms with van der Waals surface area (Å²) < 4.78 is 6.10. The first kappa shape index (κ1) is 16.0. The van der Waals surface area contributed by atoms with Gasteiger partial charge in [0.15, 0.2) is 0 Å². The lowest BCUT2D eigenvalue weighted by Crippen LogP contribution is -2.43. The van der Waals surface area contributed by atoms with Crippen LogP contribution >= 0.6 is 0 Å². The molecule has 0 saturated heterocycles. The Morgan fingerprint density at radius 2 is 2.17 bits per heavy atom. The van der Waals surface area contributed by atoms with Crippen LogP contribution in [0.15, 0.2) is 42.7 Å². The zero-order valence-corrected chi connectivity index (χ0v) is 14.2. The van der Waals surface area contributed by atoms with Gasteiger partial charge in [-0.15, -0.1) is 0 Å². The van der Waals surface area contributed by atoms with Crippen LogP contribution in [0.2, 0.25) is 0 Å². The largest absolute Gasteiger partial charge is 0.492 e. The average Bonchev–Trinajstić information content (AvgIpc) is 2.68. The van der Waals surface area contributed by atoms with Crippen LogP contribution < -0.4 is 4.74 Å². The van der Waals surface area contributed by atoms with Crippen LogP contribution in [0.3, 0.4) is 0 Å². The fraction of sp³-hybridized carbons (Fsp3) is 0.421. The van der Waals surface area contributed by atoms with E-state index in [0.29, 0.717) is 12.6 Å². The minimum Gasteiger partial charge on any atom is -0.492 e. The molecule has 0 radical (unpaired) electrons. The van der Waals surface area contributed by atoms with Crippen molar-refractivity contribution in [3.63, 3.8) is 0 Å². The number of hydrogen-bond acceptors (Lipinski definition) is 4. The number of nitrogens with zero attached hydrogens (tertiary/aromatic N) is 3. The molecule has 2 aromatic rings. The lowest BCUT2D eigenvalue weighted by molar-refractivity contribution is 0.113. The number of ether oxygens (including phenoxy) is 1. The van der Waals surface area contributed by atoms with Gasteiger partial charge in [-0.05, 0) is 38.7 Å². The molecule has 1 aromatic heterocycles. The van der Waals surface area contributed by atoms with Crippen molar-refractivity contribution in [1.29, 1.82) is 0 Å². The van der Waals surface area contributed by atoms with Gasteiger partial charge in [0, 0.05) is 37.6 Å². The van der Waals surface area contributed by atoms with Crippen LogP contribution in [-0.2, 0) is 13.1 Å². The molecule has 0 bridgehead atoms. The smallest absolute Gasteiger partial charge is 0.123 e. The number of rotatable bonds is 4. The molecule has 122 valence electrons. The predicted octanol–water partition coefficient (Wildman–Crippen LogP) is 2.71. The maximum Gasteiger partial charge on any atom is 0.123 e. The molecule has 0 aliphatic carbocycles. The van der Waals surface area contributed by atoms with E-state index in [9.17, 15) is 0 Å². The summed E-state index contributed by atoms with van der Waals surface area (Å²) in [6.45, 7) is 5.63. The van der Waals surface area contributed by atoms with E-state index in [0.717, 1.165) is 25.4 Å². The third kappa shape index (κ3) is 4.09. The highest BCUT2D eigenvalue weighted by Crippen LogP contribution is 2.27. The van der Waals surface area contributed by atoms with Crippen molar-refractivity contribution in [2.45, 2.75) is 26.1 Å². The zero-order chi connectivity index (χ0) is 16.2. The second-order valence-electron chi connectivity index (χ2n) is 6.60. The maximum absolute atomic E-state index is 6.10. The van der Waals surface area contributed by atoms with Crippen molar-refractivity contribution in [2.75, 3.05) is 27.2 Å². The molecule has 1 aliphatic rings. The first-order valence-electron chi connectivity index (χ1n) is 8.12. The molecule has 0 amide bonds. The Labute approximate surface area is 138 Å². The molecular formula is C19H25N3O. The monoisotopic (exact) mass is 311 g/mol. The van der Waals surface area contributed by atoms with E-state index in [1.54, 1.807) is 0 Å². The molecule has 4 heteroatoms. The van der Waals surface area contributed by atoms with Crippen molar-refractivity contribution < 1.29 is 4.74 Å². The molecule has 0 saturated carbocycles. The highest BCUT2D eigenvalue weighted by molar-refractivity contribution is 5.37. The second kappa shape index (κ2) is 7.11. The molecule has 0 N–H and O–H groups in total. The first-order valence-corrected chi connectivity index (χ1v) is 8.12. The normalized spacial score (nSPS) is 18.3. The summed E-state index contributed by atoms with van der Waals surface area (Å²) in [5, 5.41) is 0. The molecule has 2 heterocycles. The Morgan fingerprint density at radius 1 is 1.30 bits per heavy atom. The van der Waals surface area contributed by atoms with Crippen LogP contribution in [0.4, 0.5) is 0 Å². The summed E-state index contributed by atoms with van der Waals surface area (Å²) in [7, 11) is 4.23. The SMILES string of the molecule is Cc1ccc2c(c1)CN(Cc1cccnc1)C(CN(C)C)CO2. The Kier molecular flexibility index (Phi) is 4.94. The van der Waals surface area contributed by atoms with E-state index in [1.165, 1.54) is 16.7 Å². The lowest BCUT2D eigenvalue weighted by atomic mass is 10.1. The fourth-order valence-electron chi connectivity index (χ4n) is 3.11. The highest BCUT2D eigenvalue weighted by Gasteiger charge is 2.25. The summed E-state index contributed by atoms with van der Waals surface area (Å²) in [6, 6.07) is 11.0. The van der Waals surface area contributed by atoms with Crippen molar-refractivity contribution in [2.24, 2.45) is 0 Å². The standard InChI is InChI=1S/C19H25N3O/c1-15-6-7-19-17(9-15)12-22(11-16-5-4-8-20-10-16)18(14-23-19)13-21(2)3/h4-10,18H,11-14H2,1-3H3. The molecule has 0 fully saturated rings. The quantitative estimate of drug-likeness (QED) is 0.868. The minimum atomic E-state index is 0.359. The average molecular weight is 311 g/mol. The number of hydrogen-bond donors (Lipinski definition) is 0. The predicted molar refractivity (Wildman–Crippen MR) is 92.5 cm³/mol. The number of benzene rings is 1. The molecule has 1 aliphatic heterocycles. The topological polar surface area (TPSA) is 28.6 Å². The first-order chi connectivity index (χ1) is 11.1. The van der Waals surface area contributed by atoms with Crippen LogP contribution in [0.5, 0.6) is 5.75 Å². The fourth-order valence-corrected chi connectivity index (χ4v) is 3.11. The number of aromatic nitrogens is 1. The van der Waals surface area contributed by atoms with E-state index in [4.69, 9.17) is 4.74 Å². The number of aryl methyl sites for hydroxylation is 1. The van der Waals surface area contributed by atoms with Crippen LogP contribution in [0.1, 0.15) is 16.7 Å². The number of fused-ring (bicyclic) bond motifs is 1. The summed E-state index contributed by atoms with van der Waals surface area (Å²) in [5.41, 5.74) is 3.79. The molecular weight excluding hydrogens is 286 g/mol. The molecule has 1 unspecified atom stereocenters. The molecule has 0 spiro atoms. The van der Waals surface area contributed by atoms with Gasteiger partial charge in [-0.1, -0.05) is 23.8 Å². The maximum atomic E-state index is 6.10. The summed E-state index contributed by atoms with van der Waals surface area (Å²) >= 11 is 0. The molecule has 3 rings (SSSR count). The van der Waals surface area contributed by atoms with Gasteiger partial charge in [0.2, 0.25) is 0 Å². The van der Waals surface area contributed by atoms with Gasteiger partial charge in [0.25, 0.3) is 0 Å². The Bertz CT molecular complexity index is 642. The number of pyridine rings is 1. The van der Waals surface area contributed by atoms with Gasteiger partial charge in [0.05, 0.1) is 6.04 Å². The van der Waals surface area contributed by atoms with Gasteiger partial charge in [-0.2, -0.15) is 0 Å². The second-order valence-corrected chi connectivity index (χ2v) is 6.60.